The Morgan fingerprint density at radius 2 is 2.28 bits per heavy atom. The first-order chi connectivity index (χ1) is 8.69. The molecular formula is C13H21N3OS. The third-order valence-corrected chi connectivity index (χ3v) is 3.73. The Morgan fingerprint density at radius 1 is 1.50 bits per heavy atom. The molecular weight excluding hydrogens is 246 g/mol. The van der Waals surface area contributed by atoms with Gasteiger partial charge in [0, 0.05) is 19.2 Å². The molecule has 0 amide bonds. The maximum atomic E-state index is 5.17. The average Bonchev–Trinajstić information content (AvgIpc) is 2.32. The molecule has 0 spiro atoms. The van der Waals surface area contributed by atoms with E-state index >= 15 is 0 Å². The predicted octanol–water partition coefficient (Wildman–Crippen LogP) is 3.28. The molecule has 1 saturated carbocycles. The molecule has 0 aliphatic heterocycles. The lowest BCUT2D eigenvalue weighted by Crippen LogP contribution is -2.30. The van der Waals surface area contributed by atoms with Crippen LogP contribution >= 0.6 is 12.2 Å². The lowest BCUT2D eigenvalue weighted by atomic mass is 9.86. The Hall–Kier alpha value is -0.940. The van der Waals surface area contributed by atoms with E-state index in [0.29, 0.717) is 23.2 Å². The highest BCUT2D eigenvalue weighted by atomic mass is 32.1. The van der Waals surface area contributed by atoms with Crippen LogP contribution in [0.4, 0.5) is 5.82 Å². The molecule has 4 nitrogen and oxygen atoms in total. The molecule has 18 heavy (non-hydrogen) atoms. The van der Waals surface area contributed by atoms with Crippen LogP contribution in [-0.2, 0) is 11.3 Å². The highest BCUT2D eigenvalue weighted by molar-refractivity contribution is 7.71. The normalized spacial score (nSPS) is 23.9. The van der Waals surface area contributed by atoms with E-state index in [0.717, 1.165) is 11.6 Å². The molecule has 5 heteroatoms. The molecule has 1 aromatic rings. The number of H-pyrrole nitrogens is 1. The number of nitrogens with zero attached hydrogens (tertiary/aromatic N) is 1. The van der Waals surface area contributed by atoms with Crippen molar-refractivity contribution < 1.29 is 4.74 Å². The summed E-state index contributed by atoms with van der Waals surface area (Å²) in [4.78, 5) is 7.47. The standard InChI is InChI=1S/C13H21N3OS/c1-9-5-3-4-6-10(9)14-11-7-13(18)16-12(15-11)8-17-2/h7,9-10H,3-6,8H2,1-2H3,(H2,14,15,16,18). The van der Waals surface area contributed by atoms with E-state index < -0.39 is 0 Å². The van der Waals surface area contributed by atoms with Crippen LogP contribution in [0.15, 0.2) is 6.07 Å². The number of nitrogens with one attached hydrogen (secondary N) is 2. The van der Waals surface area contributed by atoms with Crippen molar-refractivity contribution in [1.29, 1.82) is 0 Å². The van der Waals surface area contributed by atoms with Gasteiger partial charge in [-0.1, -0.05) is 32.0 Å². The zero-order valence-electron chi connectivity index (χ0n) is 11.0. The van der Waals surface area contributed by atoms with Gasteiger partial charge in [0.1, 0.15) is 22.9 Å². The molecule has 1 heterocycles. The summed E-state index contributed by atoms with van der Waals surface area (Å²) in [5, 5.41) is 3.55. The molecule has 0 bridgehead atoms. The number of hydrogen-bond donors (Lipinski definition) is 2. The van der Waals surface area contributed by atoms with Gasteiger partial charge in [0.2, 0.25) is 0 Å². The molecule has 1 fully saturated rings. The van der Waals surface area contributed by atoms with Crippen LogP contribution < -0.4 is 5.32 Å². The quantitative estimate of drug-likeness (QED) is 0.822. The summed E-state index contributed by atoms with van der Waals surface area (Å²) in [5.41, 5.74) is 0. The van der Waals surface area contributed by atoms with Gasteiger partial charge >= 0.3 is 0 Å². The van der Waals surface area contributed by atoms with Crippen molar-refractivity contribution in [3.8, 4) is 0 Å². The van der Waals surface area contributed by atoms with E-state index in [2.05, 4.69) is 22.2 Å². The van der Waals surface area contributed by atoms with Crippen LogP contribution in [0.25, 0.3) is 0 Å². The molecule has 1 aliphatic carbocycles. The van der Waals surface area contributed by atoms with Gasteiger partial charge in [-0.2, -0.15) is 0 Å². The van der Waals surface area contributed by atoms with Crippen LogP contribution in [-0.4, -0.2) is 23.1 Å². The SMILES string of the molecule is COCc1nc(=S)cc(NC2CCCCC2C)[nH]1. The summed E-state index contributed by atoms with van der Waals surface area (Å²) < 4.78 is 5.68. The first-order valence-electron chi connectivity index (χ1n) is 6.55. The fourth-order valence-electron chi connectivity index (χ4n) is 2.52. The molecule has 0 radical (unpaired) electrons. The van der Waals surface area contributed by atoms with Crippen molar-refractivity contribution in [3.63, 3.8) is 0 Å². The summed E-state index contributed by atoms with van der Waals surface area (Å²) in [6.45, 7) is 2.77. The molecule has 0 saturated heterocycles. The zero-order chi connectivity index (χ0) is 13.0. The third kappa shape index (κ3) is 3.53. The predicted molar refractivity (Wildman–Crippen MR) is 75.2 cm³/mol. The minimum atomic E-state index is 0.458. The number of ether oxygens (including phenoxy) is 1. The number of rotatable bonds is 4. The maximum absolute atomic E-state index is 5.17. The molecule has 1 aromatic heterocycles. The Morgan fingerprint density at radius 3 is 3.00 bits per heavy atom. The summed E-state index contributed by atoms with van der Waals surface area (Å²) in [6.07, 6.45) is 5.18. The fourth-order valence-corrected chi connectivity index (χ4v) is 2.75. The zero-order valence-corrected chi connectivity index (χ0v) is 11.8. The monoisotopic (exact) mass is 267 g/mol. The van der Waals surface area contributed by atoms with Crippen LogP contribution in [0.2, 0.25) is 0 Å². The van der Waals surface area contributed by atoms with Crippen LogP contribution in [0.1, 0.15) is 38.4 Å². The van der Waals surface area contributed by atoms with E-state index in [-0.39, 0.29) is 0 Å². The molecule has 0 aromatic carbocycles. The number of methoxy groups -OCH3 is 1. The highest BCUT2D eigenvalue weighted by Crippen LogP contribution is 2.26. The summed E-state index contributed by atoms with van der Waals surface area (Å²) in [5.74, 6) is 2.44. The molecule has 1 aliphatic rings. The van der Waals surface area contributed by atoms with Crippen LogP contribution in [0.5, 0.6) is 0 Å². The van der Waals surface area contributed by atoms with E-state index in [1.54, 1.807) is 7.11 Å². The van der Waals surface area contributed by atoms with Gasteiger partial charge in [0.05, 0.1) is 0 Å². The molecule has 2 rings (SSSR count). The minimum Gasteiger partial charge on any atom is -0.377 e. The van der Waals surface area contributed by atoms with Crippen molar-refractivity contribution >= 4 is 18.0 Å². The third-order valence-electron chi connectivity index (χ3n) is 3.53. The van der Waals surface area contributed by atoms with Gasteiger partial charge < -0.3 is 15.0 Å². The van der Waals surface area contributed by atoms with Gasteiger partial charge in [0.25, 0.3) is 0 Å². The summed E-state index contributed by atoms with van der Waals surface area (Å²) >= 11 is 5.17. The van der Waals surface area contributed by atoms with E-state index in [1.165, 1.54) is 25.7 Å². The summed E-state index contributed by atoms with van der Waals surface area (Å²) in [7, 11) is 1.65. The van der Waals surface area contributed by atoms with E-state index in [1.807, 2.05) is 6.07 Å². The second kappa shape index (κ2) is 6.29. The van der Waals surface area contributed by atoms with Gasteiger partial charge in [-0.3, -0.25) is 0 Å². The van der Waals surface area contributed by atoms with Gasteiger partial charge in [-0.15, -0.1) is 0 Å². The lowest BCUT2D eigenvalue weighted by Gasteiger charge is -2.30. The topological polar surface area (TPSA) is 49.9 Å². The molecule has 2 unspecified atom stereocenters. The van der Waals surface area contributed by atoms with Crippen LogP contribution in [0.3, 0.4) is 0 Å². The van der Waals surface area contributed by atoms with Crippen molar-refractivity contribution in [2.75, 3.05) is 12.4 Å². The number of aromatic nitrogens is 2. The second-order valence-corrected chi connectivity index (χ2v) is 5.44. The van der Waals surface area contributed by atoms with Crippen LogP contribution in [0, 0.1) is 10.6 Å². The number of hydrogen-bond acceptors (Lipinski definition) is 4. The van der Waals surface area contributed by atoms with Gasteiger partial charge in [-0.25, -0.2) is 4.98 Å². The Bertz CT molecular complexity index is 446. The number of aromatic amines is 1. The van der Waals surface area contributed by atoms with Gasteiger partial charge in [0.15, 0.2) is 0 Å². The van der Waals surface area contributed by atoms with Gasteiger partial charge in [-0.05, 0) is 18.8 Å². The Balaban J connectivity index is 2.10. The number of anilines is 1. The Kier molecular flexibility index (Phi) is 4.72. The minimum absolute atomic E-state index is 0.458. The van der Waals surface area contributed by atoms with E-state index in [4.69, 9.17) is 17.0 Å². The van der Waals surface area contributed by atoms with Crippen molar-refractivity contribution in [2.24, 2.45) is 5.92 Å². The van der Waals surface area contributed by atoms with Crippen molar-refractivity contribution in [1.82, 2.24) is 9.97 Å². The fraction of sp³-hybridized carbons (Fsp3) is 0.692. The summed E-state index contributed by atoms with van der Waals surface area (Å²) in [6, 6.07) is 2.41. The second-order valence-electron chi connectivity index (χ2n) is 5.03. The van der Waals surface area contributed by atoms with E-state index in [9.17, 15) is 0 Å². The maximum Gasteiger partial charge on any atom is 0.135 e. The van der Waals surface area contributed by atoms with Crippen molar-refractivity contribution in [3.05, 3.63) is 16.5 Å². The van der Waals surface area contributed by atoms with Crippen molar-refractivity contribution in [2.45, 2.75) is 45.3 Å². The average molecular weight is 267 g/mol. The smallest absolute Gasteiger partial charge is 0.135 e. The highest BCUT2D eigenvalue weighted by Gasteiger charge is 2.21. The lowest BCUT2D eigenvalue weighted by molar-refractivity contribution is 0.177. The molecule has 100 valence electrons. The molecule has 2 atom stereocenters. The molecule has 2 N–H and O–H groups in total. The largest absolute Gasteiger partial charge is 0.377 e. The Labute approximate surface area is 113 Å². The first-order valence-corrected chi connectivity index (χ1v) is 6.95. The first kappa shape index (κ1) is 13.5.